The van der Waals surface area contributed by atoms with Gasteiger partial charge in [-0.1, -0.05) is 49.4 Å². The van der Waals surface area contributed by atoms with Crippen LogP contribution in [0.5, 0.6) is 0 Å². The Balaban J connectivity index is 2.14. The fourth-order valence-electron chi connectivity index (χ4n) is 2.58. The van der Waals surface area contributed by atoms with Crippen LogP contribution < -0.4 is 0 Å². The van der Waals surface area contributed by atoms with Gasteiger partial charge in [-0.25, -0.2) is 8.42 Å². The fraction of sp³-hybridized carbons (Fsp3) is 0.389. The minimum absolute atomic E-state index is 0.00127. The Kier molecular flexibility index (Phi) is 5.42. The Morgan fingerprint density at radius 2 is 1.78 bits per heavy atom. The molecule has 4 nitrogen and oxygen atoms in total. The second-order valence-corrected chi connectivity index (χ2v) is 8.27. The van der Waals surface area contributed by atoms with E-state index in [0.29, 0.717) is 0 Å². The maximum absolute atomic E-state index is 12.5. The summed E-state index contributed by atoms with van der Waals surface area (Å²) in [5.74, 6) is 0.0319. The predicted molar refractivity (Wildman–Crippen MR) is 94.2 cm³/mol. The molecule has 0 saturated heterocycles. The molecule has 23 heavy (non-hydrogen) atoms. The maximum Gasteiger partial charge on any atom is 0.227 e. The highest BCUT2D eigenvalue weighted by molar-refractivity contribution is 7.91. The van der Waals surface area contributed by atoms with Crippen molar-refractivity contribution in [1.82, 2.24) is 4.90 Å². The zero-order valence-corrected chi connectivity index (χ0v) is 14.6. The first-order valence-electron chi connectivity index (χ1n) is 7.77. The topological polar surface area (TPSA) is 54.5 Å². The van der Waals surface area contributed by atoms with Crippen molar-refractivity contribution in [3.05, 3.63) is 48.0 Å². The van der Waals surface area contributed by atoms with Crippen LogP contribution in [0.2, 0.25) is 0 Å². The van der Waals surface area contributed by atoms with Gasteiger partial charge >= 0.3 is 0 Å². The lowest BCUT2D eigenvalue weighted by Crippen LogP contribution is -2.40. The van der Waals surface area contributed by atoms with Gasteiger partial charge < -0.3 is 4.90 Å². The van der Waals surface area contributed by atoms with Gasteiger partial charge in [0.25, 0.3) is 0 Å². The van der Waals surface area contributed by atoms with Crippen molar-refractivity contribution in [2.45, 2.75) is 26.3 Å². The Labute approximate surface area is 138 Å². The number of amides is 1. The number of fused-ring (bicyclic) bond motifs is 1. The van der Waals surface area contributed by atoms with Crippen LogP contribution in [-0.2, 0) is 21.1 Å². The molecule has 0 aliphatic heterocycles. The van der Waals surface area contributed by atoms with Gasteiger partial charge in [-0.3, -0.25) is 4.79 Å². The normalized spacial score (nSPS) is 13.0. The lowest BCUT2D eigenvalue weighted by Gasteiger charge is -2.25. The summed E-state index contributed by atoms with van der Waals surface area (Å²) < 4.78 is 23.5. The first-order chi connectivity index (χ1) is 10.8. The number of nitrogens with zero attached hydrogens (tertiary/aromatic N) is 1. The molecular weight excluding hydrogens is 310 g/mol. The summed E-state index contributed by atoms with van der Waals surface area (Å²) in [4.78, 5) is 14.0. The van der Waals surface area contributed by atoms with Crippen LogP contribution in [0.25, 0.3) is 10.8 Å². The van der Waals surface area contributed by atoms with E-state index in [0.717, 1.165) is 16.3 Å². The van der Waals surface area contributed by atoms with Gasteiger partial charge in [0.2, 0.25) is 5.91 Å². The van der Waals surface area contributed by atoms with Crippen LogP contribution in [0, 0.1) is 0 Å². The van der Waals surface area contributed by atoms with E-state index in [1.54, 1.807) is 20.9 Å². The molecule has 5 heteroatoms. The quantitative estimate of drug-likeness (QED) is 0.817. The number of likely N-dealkylation sites (N-methyl/N-ethyl adjacent to an activating group) is 1. The molecule has 1 amide bonds. The van der Waals surface area contributed by atoms with Gasteiger partial charge in [-0.05, 0) is 23.3 Å². The van der Waals surface area contributed by atoms with Crippen LogP contribution in [0.1, 0.15) is 19.4 Å². The SMILES string of the molecule is CCS(=O)(=O)C[C@@H](C)N(C)C(=O)Cc1cccc2ccccc12. The zero-order valence-electron chi connectivity index (χ0n) is 13.8. The number of hydrogen-bond donors (Lipinski definition) is 0. The molecule has 0 saturated carbocycles. The van der Waals surface area contributed by atoms with Gasteiger partial charge in [0.15, 0.2) is 9.84 Å². The van der Waals surface area contributed by atoms with E-state index >= 15 is 0 Å². The van der Waals surface area contributed by atoms with E-state index in [9.17, 15) is 13.2 Å². The molecule has 0 unspecified atom stereocenters. The first kappa shape index (κ1) is 17.5. The van der Waals surface area contributed by atoms with Gasteiger partial charge in [-0.15, -0.1) is 0 Å². The van der Waals surface area contributed by atoms with E-state index < -0.39 is 9.84 Å². The summed E-state index contributed by atoms with van der Waals surface area (Å²) in [7, 11) is -1.43. The average molecular weight is 333 g/mol. The molecule has 2 aromatic carbocycles. The lowest BCUT2D eigenvalue weighted by atomic mass is 10.0. The second-order valence-electron chi connectivity index (χ2n) is 5.87. The highest BCUT2D eigenvalue weighted by atomic mass is 32.2. The molecular formula is C18H23NO3S. The number of sulfone groups is 1. The van der Waals surface area contributed by atoms with E-state index in [1.807, 2.05) is 42.5 Å². The Bertz CT molecular complexity index is 794. The third-order valence-corrected chi connectivity index (χ3v) is 6.08. The molecule has 2 rings (SSSR count). The first-order valence-corrected chi connectivity index (χ1v) is 9.59. The second kappa shape index (κ2) is 7.13. The molecule has 0 aliphatic rings. The molecule has 2 aromatic rings. The van der Waals surface area contributed by atoms with Gasteiger partial charge in [-0.2, -0.15) is 0 Å². The van der Waals surface area contributed by atoms with Crippen LogP contribution in [0.15, 0.2) is 42.5 Å². The molecule has 0 bridgehead atoms. The van der Waals surface area contributed by atoms with E-state index in [2.05, 4.69) is 0 Å². The van der Waals surface area contributed by atoms with Gasteiger partial charge in [0, 0.05) is 18.8 Å². The molecule has 0 N–H and O–H groups in total. The van der Waals surface area contributed by atoms with Crippen molar-refractivity contribution < 1.29 is 13.2 Å². The molecule has 0 spiro atoms. The van der Waals surface area contributed by atoms with Crippen molar-refractivity contribution in [1.29, 1.82) is 0 Å². The maximum atomic E-state index is 12.5. The van der Waals surface area contributed by atoms with Crippen molar-refractivity contribution >= 4 is 26.5 Å². The third-order valence-electron chi connectivity index (χ3n) is 4.21. The van der Waals surface area contributed by atoms with E-state index in [-0.39, 0.29) is 29.9 Å². The highest BCUT2D eigenvalue weighted by Gasteiger charge is 2.21. The van der Waals surface area contributed by atoms with Crippen LogP contribution in [0.4, 0.5) is 0 Å². The van der Waals surface area contributed by atoms with Crippen LogP contribution >= 0.6 is 0 Å². The predicted octanol–water partition coefficient (Wildman–Crippen LogP) is 2.66. The van der Waals surface area contributed by atoms with Crippen molar-refractivity contribution in [3.63, 3.8) is 0 Å². The van der Waals surface area contributed by atoms with Crippen LogP contribution in [-0.4, -0.2) is 43.8 Å². The number of carbonyl (C=O) groups is 1. The van der Waals surface area contributed by atoms with Crippen molar-refractivity contribution in [2.24, 2.45) is 0 Å². The van der Waals surface area contributed by atoms with Crippen molar-refractivity contribution in [3.8, 4) is 0 Å². The summed E-state index contributed by atoms with van der Waals surface area (Å²) in [6, 6.07) is 13.5. The summed E-state index contributed by atoms with van der Waals surface area (Å²) >= 11 is 0. The largest absolute Gasteiger partial charge is 0.342 e. The molecule has 0 radical (unpaired) electrons. The monoisotopic (exact) mass is 333 g/mol. The van der Waals surface area contributed by atoms with Crippen LogP contribution in [0.3, 0.4) is 0 Å². The fourth-order valence-corrected chi connectivity index (χ4v) is 3.77. The molecule has 0 aliphatic carbocycles. The van der Waals surface area contributed by atoms with Gasteiger partial charge in [0.1, 0.15) is 0 Å². The molecule has 124 valence electrons. The van der Waals surface area contributed by atoms with Crippen molar-refractivity contribution in [2.75, 3.05) is 18.6 Å². The standard InChI is InChI=1S/C18H23NO3S/c1-4-23(21,22)13-14(2)19(3)18(20)12-16-10-7-9-15-8-5-6-11-17(15)16/h5-11,14H,4,12-13H2,1-3H3/t14-/m1/s1. The molecule has 0 heterocycles. The highest BCUT2D eigenvalue weighted by Crippen LogP contribution is 2.19. The summed E-state index contributed by atoms with van der Waals surface area (Å²) in [5.41, 5.74) is 0.963. The summed E-state index contributed by atoms with van der Waals surface area (Å²) in [6.45, 7) is 3.40. The number of benzene rings is 2. The molecule has 1 atom stereocenters. The Hall–Kier alpha value is -1.88. The zero-order chi connectivity index (χ0) is 17.0. The number of carbonyl (C=O) groups excluding carboxylic acids is 1. The van der Waals surface area contributed by atoms with E-state index in [4.69, 9.17) is 0 Å². The molecule has 0 aromatic heterocycles. The summed E-state index contributed by atoms with van der Waals surface area (Å²) in [5, 5.41) is 2.16. The smallest absolute Gasteiger partial charge is 0.227 e. The van der Waals surface area contributed by atoms with E-state index in [1.165, 1.54) is 4.90 Å². The molecule has 0 fully saturated rings. The third kappa shape index (κ3) is 4.32. The Morgan fingerprint density at radius 3 is 2.48 bits per heavy atom. The number of rotatable bonds is 6. The lowest BCUT2D eigenvalue weighted by molar-refractivity contribution is -0.130. The minimum atomic E-state index is -3.10. The van der Waals surface area contributed by atoms with Gasteiger partial charge in [0.05, 0.1) is 12.2 Å². The minimum Gasteiger partial charge on any atom is -0.342 e. The summed E-state index contributed by atoms with van der Waals surface area (Å²) in [6.07, 6.45) is 0.272. The average Bonchev–Trinajstić information content (AvgIpc) is 2.54. The number of hydrogen-bond acceptors (Lipinski definition) is 3. The Morgan fingerprint density at radius 1 is 1.13 bits per heavy atom.